The first kappa shape index (κ1) is 20.0. The molecule has 0 bridgehead atoms. The van der Waals surface area contributed by atoms with E-state index in [1.165, 1.54) is 12.1 Å². The van der Waals surface area contributed by atoms with Gasteiger partial charge >= 0.3 is 5.97 Å². The minimum Gasteiger partial charge on any atom is -0.484 e. The van der Waals surface area contributed by atoms with Gasteiger partial charge in [-0.1, -0.05) is 13.3 Å². The topological polar surface area (TPSA) is 108 Å². The molecule has 0 radical (unpaired) electrons. The summed E-state index contributed by atoms with van der Waals surface area (Å²) in [7, 11) is 0. The van der Waals surface area contributed by atoms with E-state index in [1.54, 1.807) is 36.4 Å². The average molecular weight is 370 g/mol. The Morgan fingerprint density at radius 1 is 0.963 bits per heavy atom. The number of primary amides is 1. The van der Waals surface area contributed by atoms with Crippen LogP contribution in [0.3, 0.4) is 0 Å². The Balaban J connectivity index is 1.80. The minimum atomic E-state index is -0.533. The highest BCUT2D eigenvalue weighted by molar-refractivity contribution is 5.95. The Labute approximate surface area is 157 Å². The second-order valence-electron chi connectivity index (χ2n) is 5.79. The minimum absolute atomic E-state index is 0.197. The Hall–Kier alpha value is -3.35. The van der Waals surface area contributed by atoms with Gasteiger partial charge in [0.2, 0.25) is 5.91 Å². The van der Waals surface area contributed by atoms with Crippen LogP contribution >= 0.6 is 0 Å². The maximum Gasteiger partial charge on any atom is 0.338 e. The third-order valence-electron chi connectivity index (χ3n) is 3.64. The summed E-state index contributed by atoms with van der Waals surface area (Å²) in [6.07, 6.45) is 1.78. The molecule has 0 spiro atoms. The SMILES string of the molecule is CCCCOC(=O)c1ccc(OCC(=O)Nc2ccc(C(N)=O)cc2)cc1. The number of hydrogen-bond donors (Lipinski definition) is 2. The fourth-order valence-electron chi connectivity index (χ4n) is 2.14. The maximum atomic E-state index is 11.9. The van der Waals surface area contributed by atoms with Crippen molar-refractivity contribution in [2.45, 2.75) is 19.8 Å². The van der Waals surface area contributed by atoms with Gasteiger partial charge in [0.1, 0.15) is 5.75 Å². The summed E-state index contributed by atoms with van der Waals surface area (Å²) in [5.41, 5.74) is 6.48. The number of ether oxygens (including phenoxy) is 2. The number of benzene rings is 2. The number of rotatable bonds is 9. The number of carbonyl (C=O) groups excluding carboxylic acids is 3. The fourth-order valence-corrected chi connectivity index (χ4v) is 2.14. The number of carbonyl (C=O) groups is 3. The zero-order valence-corrected chi connectivity index (χ0v) is 15.1. The van der Waals surface area contributed by atoms with Crippen LogP contribution in [0.4, 0.5) is 5.69 Å². The van der Waals surface area contributed by atoms with Crippen LogP contribution in [0.1, 0.15) is 40.5 Å². The molecular formula is C20H22N2O5. The molecule has 7 heteroatoms. The monoisotopic (exact) mass is 370 g/mol. The smallest absolute Gasteiger partial charge is 0.338 e. The second kappa shape index (κ2) is 9.96. The molecule has 2 aromatic carbocycles. The molecule has 0 fully saturated rings. The lowest BCUT2D eigenvalue weighted by Crippen LogP contribution is -2.20. The lowest BCUT2D eigenvalue weighted by molar-refractivity contribution is -0.118. The second-order valence-corrected chi connectivity index (χ2v) is 5.79. The summed E-state index contributed by atoms with van der Waals surface area (Å²) in [6, 6.07) is 12.6. The number of esters is 1. The normalized spacial score (nSPS) is 10.1. The third-order valence-corrected chi connectivity index (χ3v) is 3.64. The average Bonchev–Trinajstić information content (AvgIpc) is 2.67. The Morgan fingerprint density at radius 3 is 2.19 bits per heavy atom. The van der Waals surface area contributed by atoms with Crippen LogP contribution in [0.2, 0.25) is 0 Å². The van der Waals surface area contributed by atoms with E-state index in [1.807, 2.05) is 6.92 Å². The van der Waals surface area contributed by atoms with Gasteiger partial charge in [-0.15, -0.1) is 0 Å². The van der Waals surface area contributed by atoms with Gasteiger partial charge in [-0.3, -0.25) is 9.59 Å². The van der Waals surface area contributed by atoms with Gasteiger partial charge in [-0.05, 0) is 55.0 Å². The highest BCUT2D eigenvalue weighted by Gasteiger charge is 2.08. The predicted molar refractivity (Wildman–Crippen MR) is 101 cm³/mol. The number of anilines is 1. The molecule has 3 N–H and O–H groups in total. The van der Waals surface area contributed by atoms with E-state index < -0.39 is 5.91 Å². The Morgan fingerprint density at radius 2 is 1.59 bits per heavy atom. The number of nitrogens with one attached hydrogen (secondary N) is 1. The highest BCUT2D eigenvalue weighted by Crippen LogP contribution is 2.14. The van der Waals surface area contributed by atoms with Crippen molar-refractivity contribution >= 4 is 23.5 Å². The molecule has 2 aromatic rings. The van der Waals surface area contributed by atoms with Gasteiger partial charge in [-0.25, -0.2) is 4.79 Å². The van der Waals surface area contributed by atoms with E-state index in [-0.39, 0.29) is 18.5 Å². The van der Waals surface area contributed by atoms with Crippen LogP contribution in [-0.2, 0) is 9.53 Å². The molecule has 0 heterocycles. The predicted octanol–water partition coefficient (Wildman–Crippen LogP) is 2.76. The van der Waals surface area contributed by atoms with Crippen LogP contribution in [0.15, 0.2) is 48.5 Å². The molecular weight excluding hydrogens is 348 g/mol. The van der Waals surface area contributed by atoms with E-state index in [9.17, 15) is 14.4 Å². The van der Waals surface area contributed by atoms with Gasteiger partial charge in [0.15, 0.2) is 6.61 Å². The largest absolute Gasteiger partial charge is 0.484 e. The summed E-state index contributed by atoms with van der Waals surface area (Å²) < 4.78 is 10.5. The van der Waals surface area contributed by atoms with E-state index in [4.69, 9.17) is 15.2 Å². The zero-order valence-electron chi connectivity index (χ0n) is 15.1. The molecule has 7 nitrogen and oxygen atoms in total. The molecule has 0 aliphatic rings. The van der Waals surface area contributed by atoms with Crippen molar-refractivity contribution in [1.29, 1.82) is 0 Å². The number of hydrogen-bond acceptors (Lipinski definition) is 5. The quantitative estimate of drug-likeness (QED) is 0.521. The first-order valence-electron chi connectivity index (χ1n) is 8.59. The van der Waals surface area contributed by atoms with Crippen molar-refractivity contribution in [3.8, 4) is 5.75 Å². The van der Waals surface area contributed by atoms with Crippen molar-refractivity contribution in [2.75, 3.05) is 18.5 Å². The molecule has 27 heavy (non-hydrogen) atoms. The Bertz CT molecular complexity index is 785. The highest BCUT2D eigenvalue weighted by atomic mass is 16.5. The molecule has 0 aliphatic carbocycles. The standard InChI is InChI=1S/C20H22N2O5/c1-2-3-12-26-20(25)15-6-10-17(11-7-15)27-13-18(23)22-16-8-4-14(5-9-16)19(21)24/h4-11H,2-3,12-13H2,1H3,(H2,21,24)(H,22,23). The van der Waals surface area contributed by atoms with Crippen molar-refractivity contribution in [2.24, 2.45) is 5.73 Å². The van der Waals surface area contributed by atoms with Gasteiger partial charge in [0, 0.05) is 11.3 Å². The lowest BCUT2D eigenvalue weighted by atomic mass is 10.2. The third kappa shape index (κ3) is 6.47. The van der Waals surface area contributed by atoms with Gasteiger partial charge < -0.3 is 20.5 Å². The van der Waals surface area contributed by atoms with E-state index in [0.717, 1.165) is 12.8 Å². The van der Waals surface area contributed by atoms with Gasteiger partial charge in [0.25, 0.3) is 5.91 Å². The van der Waals surface area contributed by atoms with Crippen LogP contribution in [0, 0.1) is 0 Å². The summed E-state index contributed by atoms with van der Waals surface area (Å²) in [4.78, 5) is 34.7. The van der Waals surface area contributed by atoms with Gasteiger partial charge in [0.05, 0.1) is 12.2 Å². The van der Waals surface area contributed by atoms with Crippen molar-refractivity contribution in [1.82, 2.24) is 0 Å². The van der Waals surface area contributed by atoms with Crippen molar-refractivity contribution < 1.29 is 23.9 Å². The van der Waals surface area contributed by atoms with Gasteiger partial charge in [-0.2, -0.15) is 0 Å². The molecule has 2 amide bonds. The molecule has 0 aliphatic heterocycles. The fraction of sp³-hybridized carbons (Fsp3) is 0.250. The van der Waals surface area contributed by atoms with E-state index in [2.05, 4.69) is 5.32 Å². The molecule has 0 atom stereocenters. The number of unbranched alkanes of at least 4 members (excludes halogenated alkanes) is 1. The summed E-state index contributed by atoms with van der Waals surface area (Å²) in [5, 5.41) is 2.65. The molecule has 0 unspecified atom stereocenters. The summed E-state index contributed by atoms with van der Waals surface area (Å²) >= 11 is 0. The molecule has 0 aromatic heterocycles. The zero-order chi connectivity index (χ0) is 19.6. The first-order chi connectivity index (χ1) is 13.0. The van der Waals surface area contributed by atoms with E-state index in [0.29, 0.717) is 29.2 Å². The van der Waals surface area contributed by atoms with Crippen LogP contribution in [0.25, 0.3) is 0 Å². The summed E-state index contributed by atoms with van der Waals surface area (Å²) in [5.74, 6) is -0.815. The summed E-state index contributed by atoms with van der Waals surface area (Å²) in [6.45, 7) is 2.22. The first-order valence-corrected chi connectivity index (χ1v) is 8.59. The van der Waals surface area contributed by atoms with Crippen LogP contribution in [-0.4, -0.2) is 31.0 Å². The van der Waals surface area contributed by atoms with Crippen LogP contribution < -0.4 is 15.8 Å². The molecule has 142 valence electrons. The molecule has 0 saturated carbocycles. The maximum absolute atomic E-state index is 11.9. The Kier molecular flexibility index (Phi) is 7.37. The number of amides is 2. The van der Waals surface area contributed by atoms with Crippen molar-refractivity contribution in [3.63, 3.8) is 0 Å². The van der Waals surface area contributed by atoms with Crippen molar-refractivity contribution in [3.05, 3.63) is 59.7 Å². The number of nitrogens with two attached hydrogens (primary N) is 1. The lowest BCUT2D eigenvalue weighted by Gasteiger charge is -2.09. The molecule has 2 rings (SSSR count). The molecule has 0 saturated heterocycles. The van der Waals surface area contributed by atoms with Crippen LogP contribution in [0.5, 0.6) is 5.75 Å². The van der Waals surface area contributed by atoms with E-state index >= 15 is 0 Å².